The van der Waals surface area contributed by atoms with Crippen LogP contribution in [0.2, 0.25) is 0 Å². The predicted octanol–water partition coefficient (Wildman–Crippen LogP) is 4.88. The van der Waals surface area contributed by atoms with Crippen molar-refractivity contribution in [2.75, 3.05) is 13.1 Å². The van der Waals surface area contributed by atoms with Crippen LogP contribution in [-0.2, 0) is 6.67 Å². The molecule has 2 aromatic carbocycles. The Morgan fingerprint density at radius 2 is 1.74 bits per heavy atom. The summed E-state index contributed by atoms with van der Waals surface area (Å²) in [6, 6.07) is 14.8. The fraction of sp³-hybridized carbons (Fsp3) is 0.286. The SMILES string of the molecule is CCN(CC)Cn1c(O)c(N=NC(=O)c2ccc(C)cc2)c2ccccc21. The van der Waals surface area contributed by atoms with E-state index in [-0.39, 0.29) is 5.88 Å². The fourth-order valence-electron chi connectivity index (χ4n) is 2.99. The second-order valence-electron chi connectivity index (χ2n) is 6.43. The van der Waals surface area contributed by atoms with Crippen molar-refractivity contribution in [3.63, 3.8) is 0 Å². The van der Waals surface area contributed by atoms with Gasteiger partial charge in [-0.25, -0.2) is 0 Å². The first-order chi connectivity index (χ1) is 13.0. The third-order valence-corrected chi connectivity index (χ3v) is 4.69. The third kappa shape index (κ3) is 3.90. The molecule has 1 N–H and O–H groups in total. The first kappa shape index (κ1) is 18.8. The molecule has 0 aliphatic heterocycles. The van der Waals surface area contributed by atoms with Gasteiger partial charge in [0.15, 0.2) is 5.69 Å². The highest BCUT2D eigenvalue weighted by molar-refractivity contribution is 5.97. The number of rotatable bonds is 6. The Hall–Kier alpha value is -2.99. The largest absolute Gasteiger partial charge is 0.493 e. The van der Waals surface area contributed by atoms with Gasteiger partial charge in [-0.15, -0.1) is 10.2 Å². The van der Waals surface area contributed by atoms with Crippen LogP contribution in [0.15, 0.2) is 58.8 Å². The van der Waals surface area contributed by atoms with E-state index in [1.165, 1.54) is 0 Å². The van der Waals surface area contributed by atoms with Crippen LogP contribution in [-0.4, -0.2) is 33.6 Å². The van der Waals surface area contributed by atoms with E-state index in [9.17, 15) is 9.90 Å². The number of fused-ring (bicyclic) bond motifs is 1. The highest BCUT2D eigenvalue weighted by Crippen LogP contribution is 2.39. The summed E-state index contributed by atoms with van der Waals surface area (Å²) in [6.45, 7) is 8.38. The van der Waals surface area contributed by atoms with Crippen molar-refractivity contribution < 1.29 is 9.90 Å². The average molecular weight is 364 g/mol. The number of aromatic nitrogens is 1. The molecular formula is C21H24N4O2. The Labute approximate surface area is 158 Å². The summed E-state index contributed by atoms with van der Waals surface area (Å²) in [5, 5.41) is 19.4. The molecule has 3 aromatic rings. The second-order valence-corrected chi connectivity index (χ2v) is 6.43. The molecule has 3 rings (SSSR count). The maximum absolute atomic E-state index is 12.3. The van der Waals surface area contributed by atoms with E-state index in [4.69, 9.17) is 0 Å². The molecular weight excluding hydrogens is 340 g/mol. The molecule has 0 saturated carbocycles. The van der Waals surface area contributed by atoms with Crippen molar-refractivity contribution in [3.05, 3.63) is 59.7 Å². The number of nitrogens with zero attached hydrogens (tertiary/aromatic N) is 4. The minimum Gasteiger partial charge on any atom is -0.493 e. The third-order valence-electron chi connectivity index (χ3n) is 4.69. The van der Waals surface area contributed by atoms with Gasteiger partial charge in [-0.3, -0.25) is 14.3 Å². The molecule has 0 atom stereocenters. The minimum absolute atomic E-state index is 0.0172. The lowest BCUT2D eigenvalue weighted by atomic mass is 10.1. The standard InChI is InChI=1S/C21H24N4O2/c1-4-24(5-2)14-25-18-9-7-6-8-17(18)19(21(25)27)22-23-20(26)16-12-10-15(3)11-13-16/h6-13,27H,4-5,14H2,1-3H3. The number of hydrogen-bond donors (Lipinski definition) is 1. The molecule has 0 fully saturated rings. The van der Waals surface area contributed by atoms with Crippen molar-refractivity contribution >= 4 is 22.5 Å². The van der Waals surface area contributed by atoms with Crippen LogP contribution in [0.5, 0.6) is 5.88 Å². The van der Waals surface area contributed by atoms with Gasteiger partial charge >= 0.3 is 0 Å². The van der Waals surface area contributed by atoms with Gasteiger partial charge in [0.1, 0.15) is 0 Å². The van der Waals surface area contributed by atoms with Crippen molar-refractivity contribution in [2.24, 2.45) is 10.2 Å². The van der Waals surface area contributed by atoms with Crippen molar-refractivity contribution in [1.82, 2.24) is 9.47 Å². The predicted molar refractivity (Wildman–Crippen MR) is 107 cm³/mol. The normalized spacial score (nSPS) is 11.7. The van der Waals surface area contributed by atoms with Gasteiger partial charge in [-0.1, -0.05) is 49.7 Å². The number of hydrogen-bond acceptors (Lipinski definition) is 4. The molecule has 0 aliphatic carbocycles. The Morgan fingerprint density at radius 1 is 1.07 bits per heavy atom. The van der Waals surface area contributed by atoms with Crippen LogP contribution >= 0.6 is 0 Å². The lowest BCUT2D eigenvalue weighted by Crippen LogP contribution is -2.25. The molecule has 0 bridgehead atoms. The lowest BCUT2D eigenvalue weighted by molar-refractivity contribution is 0.0995. The summed E-state index contributed by atoms with van der Waals surface area (Å²) in [6.07, 6.45) is 0. The zero-order valence-corrected chi connectivity index (χ0v) is 15.9. The number of aromatic hydroxyl groups is 1. The van der Waals surface area contributed by atoms with E-state index in [0.717, 1.165) is 29.6 Å². The highest BCUT2D eigenvalue weighted by Gasteiger charge is 2.18. The summed E-state index contributed by atoms with van der Waals surface area (Å²) in [4.78, 5) is 14.5. The summed E-state index contributed by atoms with van der Waals surface area (Å²) in [5.41, 5.74) is 2.72. The number of carbonyl (C=O) groups excluding carboxylic acids is 1. The van der Waals surface area contributed by atoms with Crippen LogP contribution in [0.25, 0.3) is 10.9 Å². The monoisotopic (exact) mass is 364 g/mol. The van der Waals surface area contributed by atoms with Gasteiger partial charge in [0.2, 0.25) is 5.88 Å². The number of para-hydroxylation sites is 1. The second kappa shape index (κ2) is 8.14. The molecule has 140 valence electrons. The molecule has 6 heteroatoms. The summed E-state index contributed by atoms with van der Waals surface area (Å²) in [5.74, 6) is -0.418. The van der Waals surface area contributed by atoms with Gasteiger partial charge in [0.25, 0.3) is 5.91 Å². The van der Waals surface area contributed by atoms with Crippen LogP contribution < -0.4 is 0 Å². The van der Waals surface area contributed by atoms with Gasteiger partial charge in [0.05, 0.1) is 12.2 Å². The van der Waals surface area contributed by atoms with Gasteiger partial charge in [-0.2, -0.15) is 0 Å². The van der Waals surface area contributed by atoms with Gasteiger partial charge in [0, 0.05) is 10.9 Å². The molecule has 1 heterocycles. The first-order valence-corrected chi connectivity index (χ1v) is 9.10. The molecule has 27 heavy (non-hydrogen) atoms. The van der Waals surface area contributed by atoms with E-state index in [1.54, 1.807) is 16.7 Å². The van der Waals surface area contributed by atoms with Gasteiger partial charge in [-0.05, 0) is 38.2 Å². The molecule has 1 aromatic heterocycles. The Bertz CT molecular complexity index is 970. The average Bonchev–Trinajstić information content (AvgIpc) is 2.95. The van der Waals surface area contributed by atoms with Crippen LogP contribution in [0.1, 0.15) is 29.8 Å². The number of amides is 1. The number of benzene rings is 2. The molecule has 0 saturated heterocycles. The zero-order chi connectivity index (χ0) is 19.4. The Morgan fingerprint density at radius 3 is 2.41 bits per heavy atom. The molecule has 1 amide bonds. The summed E-state index contributed by atoms with van der Waals surface area (Å²) >= 11 is 0. The zero-order valence-electron chi connectivity index (χ0n) is 15.9. The van der Waals surface area contributed by atoms with E-state index in [2.05, 4.69) is 29.0 Å². The summed E-state index contributed by atoms with van der Waals surface area (Å²) < 4.78 is 1.80. The van der Waals surface area contributed by atoms with Crippen molar-refractivity contribution in [2.45, 2.75) is 27.4 Å². The number of azo groups is 1. The lowest BCUT2D eigenvalue weighted by Gasteiger charge is -2.19. The number of carbonyl (C=O) groups is 1. The quantitative estimate of drug-likeness (QED) is 0.634. The smallest absolute Gasteiger partial charge is 0.295 e. The molecule has 0 radical (unpaired) electrons. The van der Waals surface area contributed by atoms with E-state index in [0.29, 0.717) is 17.9 Å². The van der Waals surface area contributed by atoms with Crippen LogP contribution in [0.4, 0.5) is 5.69 Å². The van der Waals surface area contributed by atoms with Crippen molar-refractivity contribution in [1.29, 1.82) is 0 Å². The molecule has 0 aliphatic rings. The summed E-state index contributed by atoms with van der Waals surface area (Å²) in [7, 11) is 0. The van der Waals surface area contributed by atoms with E-state index in [1.807, 2.05) is 43.3 Å². The first-order valence-electron chi connectivity index (χ1n) is 9.10. The molecule has 0 unspecified atom stereocenters. The maximum Gasteiger partial charge on any atom is 0.295 e. The van der Waals surface area contributed by atoms with Crippen LogP contribution in [0.3, 0.4) is 0 Å². The Kier molecular flexibility index (Phi) is 5.66. The van der Waals surface area contributed by atoms with E-state index >= 15 is 0 Å². The number of aryl methyl sites for hydroxylation is 1. The Balaban J connectivity index is 1.97. The minimum atomic E-state index is -0.435. The van der Waals surface area contributed by atoms with Crippen molar-refractivity contribution in [3.8, 4) is 5.88 Å². The van der Waals surface area contributed by atoms with Crippen LogP contribution in [0, 0.1) is 6.92 Å². The highest BCUT2D eigenvalue weighted by atomic mass is 16.3. The maximum atomic E-state index is 12.3. The van der Waals surface area contributed by atoms with Gasteiger partial charge < -0.3 is 5.11 Å². The topological polar surface area (TPSA) is 70.2 Å². The van der Waals surface area contributed by atoms with E-state index < -0.39 is 5.91 Å². The molecule has 0 spiro atoms. The fourth-order valence-corrected chi connectivity index (χ4v) is 2.99. The molecule has 6 nitrogen and oxygen atoms in total.